The molecule has 1 aliphatic carbocycles. The highest BCUT2D eigenvalue weighted by atomic mass is 19.4. The molecule has 1 aliphatic rings. The molecule has 0 spiro atoms. The summed E-state index contributed by atoms with van der Waals surface area (Å²) in [6, 6.07) is 0.0157. The standard InChI is InChI=1S/C17H26F3N3O/c1-11(2)6-4-7-12(3)21-15(24)10-23-14-9-5-8-13(14)16(22-23)17(18,19)20/h11-12H,4-10H2,1-3H3,(H,21,24)/t12-/m0/s1. The first-order chi connectivity index (χ1) is 11.2. The minimum Gasteiger partial charge on any atom is -0.352 e. The number of amides is 1. The van der Waals surface area contributed by atoms with Crippen LogP contribution in [0.4, 0.5) is 13.2 Å². The van der Waals surface area contributed by atoms with Gasteiger partial charge in [-0.1, -0.05) is 26.7 Å². The Morgan fingerprint density at radius 2 is 1.96 bits per heavy atom. The summed E-state index contributed by atoms with van der Waals surface area (Å²) < 4.78 is 40.3. The predicted molar refractivity (Wildman–Crippen MR) is 85.5 cm³/mol. The molecule has 1 N–H and O–H groups in total. The second-order valence-electron chi connectivity index (χ2n) is 7.08. The molecule has 1 aromatic heterocycles. The summed E-state index contributed by atoms with van der Waals surface area (Å²) >= 11 is 0. The summed E-state index contributed by atoms with van der Waals surface area (Å²) in [7, 11) is 0. The number of carbonyl (C=O) groups is 1. The molecule has 1 atom stereocenters. The van der Waals surface area contributed by atoms with Crippen molar-refractivity contribution in [3.63, 3.8) is 0 Å². The van der Waals surface area contributed by atoms with Crippen LogP contribution in [-0.4, -0.2) is 21.7 Å². The highest BCUT2D eigenvalue weighted by Crippen LogP contribution is 2.36. The van der Waals surface area contributed by atoms with Crippen molar-refractivity contribution >= 4 is 5.91 Å². The summed E-state index contributed by atoms with van der Waals surface area (Å²) in [6.07, 6.45) is 0.155. The third-order valence-corrected chi connectivity index (χ3v) is 4.39. The minimum atomic E-state index is -4.46. The molecule has 0 aromatic carbocycles. The van der Waals surface area contributed by atoms with Crippen LogP contribution in [0.15, 0.2) is 0 Å². The molecule has 1 heterocycles. The van der Waals surface area contributed by atoms with Gasteiger partial charge in [-0.3, -0.25) is 9.48 Å². The molecular weight excluding hydrogens is 319 g/mol. The summed E-state index contributed by atoms with van der Waals surface area (Å²) in [5.41, 5.74) is -0.00185. The van der Waals surface area contributed by atoms with Crippen LogP contribution in [0.1, 0.15) is 63.4 Å². The van der Waals surface area contributed by atoms with Crippen LogP contribution in [0.25, 0.3) is 0 Å². The molecule has 7 heteroatoms. The van der Waals surface area contributed by atoms with Crippen molar-refractivity contribution in [3.8, 4) is 0 Å². The molecule has 136 valence electrons. The van der Waals surface area contributed by atoms with Gasteiger partial charge in [0.2, 0.25) is 5.91 Å². The number of alkyl halides is 3. The van der Waals surface area contributed by atoms with Gasteiger partial charge in [-0.25, -0.2) is 0 Å². The van der Waals surface area contributed by atoms with Gasteiger partial charge in [-0.15, -0.1) is 0 Å². The molecular formula is C17H26F3N3O. The third-order valence-electron chi connectivity index (χ3n) is 4.39. The fourth-order valence-corrected chi connectivity index (χ4v) is 3.23. The van der Waals surface area contributed by atoms with E-state index in [0.29, 0.717) is 30.9 Å². The second-order valence-corrected chi connectivity index (χ2v) is 7.08. The summed E-state index contributed by atoms with van der Waals surface area (Å²) in [5, 5.41) is 6.53. The number of carbonyl (C=O) groups excluding carboxylic acids is 1. The van der Waals surface area contributed by atoms with Crippen LogP contribution in [0.3, 0.4) is 0 Å². The number of hydrogen-bond donors (Lipinski definition) is 1. The number of hydrogen-bond acceptors (Lipinski definition) is 2. The van der Waals surface area contributed by atoms with Crippen molar-refractivity contribution < 1.29 is 18.0 Å². The van der Waals surface area contributed by atoms with Gasteiger partial charge in [0.15, 0.2) is 5.69 Å². The van der Waals surface area contributed by atoms with Gasteiger partial charge in [-0.2, -0.15) is 18.3 Å². The Balaban J connectivity index is 1.95. The zero-order chi connectivity index (χ0) is 17.9. The molecule has 2 rings (SSSR count). The van der Waals surface area contributed by atoms with Crippen molar-refractivity contribution in [1.29, 1.82) is 0 Å². The van der Waals surface area contributed by atoms with Crippen molar-refractivity contribution in [3.05, 3.63) is 17.0 Å². The Kier molecular flexibility index (Phi) is 5.93. The van der Waals surface area contributed by atoms with E-state index in [9.17, 15) is 18.0 Å². The normalized spacial score (nSPS) is 15.6. The molecule has 0 radical (unpaired) electrons. The summed E-state index contributed by atoms with van der Waals surface area (Å²) in [6.45, 7) is 6.08. The van der Waals surface area contributed by atoms with Crippen LogP contribution in [-0.2, 0) is 30.4 Å². The lowest BCUT2D eigenvalue weighted by Crippen LogP contribution is -2.35. The van der Waals surface area contributed by atoms with E-state index < -0.39 is 11.9 Å². The summed E-state index contributed by atoms with van der Waals surface area (Å²) in [5.74, 6) is 0.346. The molecule has 1 aromatic rings. The number of fused-ring (bicyclic) bond motifs is 1. The van der Waals surface area contributed by atoms with Crippen LogP contribution >= 0.6 is 0 Å². The topological polar surface area (TPSA) is 46.9 Å². The first-order valence-corrected chi connectivity index (χ1v) is 8.63. The molecule has 24 heavy (non-hydrogen) atoms. The monoisotopic (exact) mass is 345 g/mol. The third kappa shape index (κ3) is 4.74. The average Bonchev–Trinajstić information content (AvgIpc) is 3.00. The lowest BCUT2D eigenvalue weighted by atomic mass is 10.0. The van der Waals surface area contributed by atoms with Crippen molar-refractivity contribution in [1.82, 2.24) is 15.1 Å². The predicted octanol–water partition coefficient (Wildman–Crippen LogP) is 3.72. The number of nitrogens with zero attached hydrogens (tertiary/aromatic N) is 2. The van der Waals surface area contributed by atoms with Gasteiger partial charge in [0.1, 0.15) is 6.54 Å². The van der Waals surface area contributed by atoms with Crippen molar-refractivity contribution in [2.75, 3.05) is 0 Å². The Labute approximate surface area is 140 Å². The number of rotatable bonds is 7. The molecule has 0 fully saturated rings. The zero-order valence-corrected chi connectivity index (χ0v) is 14.5. The molecule has 0 saturated carbocycles. The first kappa shape index (κ1) is 18.8. The largest absolute Gasteiger partial charge is 0.435 e. The maximum atomic E-state index is 13.0. The molecule has 4 nitrogen and oxygen atoms in total. The fraction of sp³-hybridized carbons (Fsp3) is 0.765. The Morgan fingerprint density at radius 1 is 1.25 bits per heavy atom. The SMILES string of the molecule is CC(C)CCC[C@H](C)NC(=O)Cn1nc(C(F)(F)F)c2c1CCC2. The Morgan fingerprint density at radius 3 is 2.58 bits per heavy atom. The summed E-state index contributed by atoms with van der Waals surface area (Å²) in [4.78, 5) is 12.1. The maximum absolute atomic E-state index is 13.0. The number of aromatic nitrogens is 2. The van der Waals surface area contributed by atoms with E-state index in [2.05, 4.69) is 24.3 Å². The van der Waals surface area contributed by atoms with Crippen LogP contribution < -0.4 is 5.32 Å². The highest BCUT2D eigenvalue weighted by Gasteiger charge is 2.40. The molecule has 0 saturated heterocycles. The molecule has 0 aliphatic heterocycles. The van der Waals surface area contributed by atoms with E-state index in [1.807, 2.05) is 6.92 Å². The van der Waals surface area contributed by atoms with E-state index in [4.69, 9.17) is 0 Å². The smallest absolute Gasteiger partial charge is 0.352 e. The van der Waals surface area contributed by atoms with E-state index in [1.165, 1.54) is 4.68 Å². The van der Waals surface area contributed by atoms with Gasteiger partial charge in [0, 0.05) is 17.3 Å². The average molecular weight is 345 g/mol. The number of nitrogens with one attached hydrogen (secondary N) is 1. The number of halogens is 3. The van der Waals surface area contributed by atoms with Crippen molar-refractivity contribution in [2.24, 2.45) is 5.92 Å². The lowest BCUT2D eigenvalue weighted by Gasteiger charge is -2.15. The van der Waals surface area contributed by atoms with Crippen molar-refractivity contribution in [2.45, 2.75) is 78.1 Å². The quantitative estimate of drug-likeness (QED) is 0.819. The van der Waals surface area contributed by atoms with Gasteiger partial charge < -0.3 is 5.32 Å². The lowest BCUT2D eigenvalue weighted by molar-refractivity contribution is -0.142. The van der Waals surface area contributed by atoms with Gasteiger partial charge in [0.05, 0.1) is 0 Å². The Hall–Kier alpha value is -1.53. The first-order valence-electron chi connectivity index (χ1n) is 8.63. The molecule has 0 bridgehead atoms. The second kappa shape index (κ2) is 7.57. The molecule has 0 unspecified atom stereocenters. The van der Waals surface area contributed by atoms with Crippen LogP contribution in [0, 0.1) is 5.92 Å². The molecule has 1 amide bonds. The van der Waals surface area contributed by atoms with Crippen LogP contribution in [0.2, 0.25) is 0 Å². The fourth-order valence-electron chi connectivity index (χ4n) is 3.23. The van der Waals surface area contributed by atoms with E-state index in [0.717, 1.165) is 19.3 Å². The maximum Gasteiger partial charge on any atom is 0.435 e. The highest BCUT2D eigenvalue weighted by molar-refractivity contribution is 5.76. The van der Waals surface area contributed by atoms with Gasteiger partial charge in [-0.05, 0) is 38.5 Å². The van der Waals surface area contributed by atoms with Crippen LogP contribution in [0.5, 0.6) is 0 Å². The van der Waals surface area contributed by atoms with E-state index in [-0.39, 0.29) is 24.1 Å². The van der Waals surface area contributed by atoms with Gasteiger partial charge >= 0.3 is 6.18 Å². The minimum absolute atomic E-state index is 0.0157. The van der Waals surface area contributed by atoms with E-state index >= 15 is 0 Å². The Bertz CT molecular complexity index is 578. The van der Waals surface area contributed by atoms with E-state index in [1.54, 1.807) is 0 Å². The van der Waals surface area contributed by atoms with Gasteiger partial charge in [0.25, 0.3) is 0 Å². The zero-order valence-electron chi connectivity index (χ0n) is 14.5.